The number of hydrogen-bond donors (Lipinski definition) is 2. The average molecular weight is 350 g/mol. The van der Waals surface area contributed by atoms with Crippen molar-refractivity contribution >= 4 is 12.0 Å². The van der Waals surface area contributed by atoms with Gasteiger partial charge in [0.1, 0.15) is 11.1 Å². The summed E-state index contributed by atoms with van der Waals surface area (Å²) < 4.78 is 10.8. The van der Waals surface area contributed by atoms with E-state index in [1.54, 1.807) is 34.6 Å². The molecular formula is C19H30N2O4. The van der Waals surface area contributed by atoms with Crippen LogP contribution < -0.4 is 10.6 Å². The first-order valence-electron chi connectivity index (χ1n) is 8.43. The van der Waals surface area contributed by atoms with Crippen molar-refractivity contribution in [2.24, 2.45) is 0 Å². The first kappa shape index (κ1) is 21.0. The van der Waals surface area contributed by atoms with E-state index in [1.165, 1.54) is 0 Å². The smallest absolute Gasteiger partial charge is 0.408 e. The van der Waals surface area contributed by atoms with Gasteiger partial charge in [-0.05, 0) is 47.1 Å². The molecule has 0 saturated heterocycles. The van der Waals surface area contributed by atoms with Crippen molar-refractivity contribution in [2.45, 2.75) is 65.3 Å². The molecule has 0 fully saturated rings. The number of nitrogens with one attached hydrogen (secondary N) is 2. The molecule has 0 aliphatic carbocycles. The monoisotopic (exact) mass is 350 g/mol. The molecule has 1 aromatic carbocycles. The molecular weight excluding hydrogens is 320 g/mol. The fraction of sp³-hybridized carbons (Fsp3) is 0.579. The summed E-state index contributed by atoms with van der Waals surface area (Å²) in [4.78, 5) is 24.2. The van der Waals surface area contributed by atoms with E-state index in [1.807, 2.05) is 37.3 Å². The predicted octanol–water partition coefficient (Wildman–Crippen LogP) is 3.01. The van der Waals surface area contributed by atoms with Crippen molar-refractivity contribution in [2.75, 3.05) is 6.61 Å². The second kappa shape index (κ2) is 8.85. The molecule has 0 unspecified atom stereocenters. The number of amides is 2. The highest BCUT2D eigenvalue weighted by Crippen LogP contribution is 2.10. The Morgan fingerprint density at radius 2 is 1.68 bits per heavy atom. The van der Waals surface area contributed by atoms with Crippen LogP contribution in [-0.2, 0) is 20.9 Å². The molecule has 2 amide bonds. The number of alkyl carbamates (subject to hydrolysis) is 1. The molecule has 6 nitrogen and oxygen atoms in total. The minimum absolute atomic E-state index is 0.184. The third kappa shape index (κ3) is 8.54. The Morgan fingerprint density at radius 1 is 1.08 bits per heavy atom. The minimum atomic E-state index is -1.09. The van der Waals surface area contributed by atoms with Crippen molar-refractivity contribution in [3.05, 3.63) is 35.9 Å². The van der Waals surface area contributed by atoms with Gasteiger partial charge in [0.05, 0.1) is 13.2 Å². The lowest BCUT2D eigenvalue weighted by molar-refractivity contribution is -0.127. The molecule has 140 valence electrons. The molecule has 2 N–H and O–H groups in total. The molecule has 0 heterocycles. The summed E-state index contributed by atoms with van der Waals surface area (Å²) in [5.74, 6) is -0.297. The Bertz CT molecular complexity index is 565. The molecule has 0 aliphatic heterocycles. The van der Waals surface area contributed by atoms with E-state index < -0.39 is 17.2 Å². The fourth-order valence-electron chi connectivity index (χ4n) is 1.99. The molecule has 0 saturated carbocycles. The van der Waals surface area contributed by atoms with E-state index in [0.717, 1.165) is 5.56 Å². The summed E-state index contributed by atoms with van der Waals surface area (Å²) in [7, 11) is 0. The zero-order valence-electron chi connectivity index (χ0n) is 16.0. The van der Waals surface area contributed by atoms with Crippen LogP contribution in [0.1, 0.15) is 47.1 Å². The lowest BCUT2D eigenvalue weighted by Gasteiger charge is -2.29. The zero-order chi connectivity index (χ0) is 19.1. The van der Waals surface area contributed by atoms with Gasteiger partial charge in [0.25, 0.3) is 0 Å². The number of carbonyl (C=O) groups excluding carboxylic acids is 2. The van der Waals surface area contributed by atoms with Crippen molar-refractivity contribution in [3.63, 3.8) is 0 Å². The van der Waals surface area contributed by atoms with Crippen LogP contribution in [-0.4, -0.2) is 35.8 Å². The van der Waals surface area contributed by atoms with Gasteiger partial charge < -0.3 is 20.1 Å². The van der Waals surface area contributed by atoms with Gasteiger partial charge >= 0.3 is 6.09 Å². The third-order valence-corrected chi connectivity index (χ3v) is 3.24. The highest BCUT2D eigenvalue weighted by molar-refractivity contribution is 5.89. The highest BCUT2D eigenvalue weighted by atomic mass is 16.6. The molecule has 1 aromatic rings. The Kier molecular flexibility index (Phi) is 7.42. The van der Waals surface area contributed by atoms with Gasteiger partial charge in [0, 0.05) is 6.04 Å². The van der Waals surface area contributed by atoms with Gasteiger partial charge in [-0.1, -0.05) is 30.3 Å². The first-order chi connectivity index (χ1) is 11.5. The SMILES string of the molecule is C[C@@H](COCc1ccccc1)NC(=O)C(C)(C)NC(=O)OC(C)(C)C. The van der Waals surface area contributed by atoms with E-state index in [-0.39, 0.29) is 11.9 Å². The molecule has 25 heavy (non-hydrogen) atoms. The second-order valence-corrected chi connectivity index (χ2v) is 7.63. The highest BCUT2D eigenvalue weighted by Gasteiger charge is 2.32. The van der Waals surface area contributed by atoms with Crippen molar-refractivity contribution in [1.29, 1.82) is 0 Å². The molecule has 0 aliphatic rings. The van der Waals surface area contributed by atoms with E-state index in [0.29, 0.717) is 13.2 Å². The number of hydrogen-bond acceptors (Lipinski definition) is 4. The van der Waals surface area contributed by atoms with Crippen LogP contribution in [0.2, 0.25) is 0 Å². The van der Waals surface area contributed by atoms with Crippen LogP contribution in [0.4, 0.5) is 4.79 Å². The molecule has 1 atom stereocenters. The van der Waals surface area contributed by atoms with E-state index in [9.17, 15) is 9.59 Å². The van der Waals surface area contributed by atoms with Crippen molar-refractivity contribution in [1.82, 2.24) is 10.6 Å². The van der Waals surface area contributed by atoms with Gasteiger partial charge in [0.2, 0.25) is 5.91 Å². The molecule has 6 heteroatoms. The topological polar surface area (TPSA) is 76.7 Å². The van der Waals surface area contributed by atoms with Gasteiger partial charge in [-0.25, -0.2) is 4.79 Å². The minimum Gasteiger partial charge on any atom is -0.444 e. The van der Waals surface area contributed by atoms with E-state index in [2.05, 4.69) is 10.6 Å². The Labute approximate surface area is 150 Å². The molecule has 0 aromatic heterocycles. The predicted molar refractivity (Wildman–Crippen MR) is 97.2 cm³/mol. The maximum Gasteiger partial charge on any atom is 0.408 e. The van der Waals surface area contributed by atoms with Crippen LogP contribution in [0.3, 0.4) is 0 Å². The molecule has 1 rings (SSSR count). The van der Waals surface area contributed by atoms with Gasteiger partial charge in [-0.15, -0.1) is 0 Å². The largest absolute Gasteiger partial charge is 0.444 e. The van der Waals surface area contributed by atoms with Gasteiger partial charge in [-0.2, -0.15) is 0 Å². The Balaban J connectivity index is 2.40. The normalized spacial score (nSPS) is 13.0. The van der Waals surface area contributed by atoms with Crippen molar-refractivity contribution in [3.8, 4) is 0 Å². The van der Waals surface area contributed by atoms with Gasteiger partial charge in [-0.3, -0.25) is 4.79 Å². The van der Waals surface area contributed by atoms with Crippen LogP contribution in [0.25, 0.3) is 0 Å². The maximum atomic E-state index is 12.4. The lowest BCUT2D eigenvalue weighted by Crippen LogP contribution is -2.57. The standard InChI is InChI=1S/C19H30N2O4/c1-14(12-24-13-15-10-8-7-9-11-15)20-16(22)19(5,6)21-17(23)25-18(2,3)4/h7-11,14H,12-13H2,1-6H3,(H,20,22)(H,21,23)/t14-/m0/s1. The zero-order valence-corrected chi connectivity index (χ0v) is 16.0. The number of benzene rings is 1. The number of rotatable bonds is 7. The van der Waals surface area contributed by atoms with Crippen LogP contribution in [0.15, 0.2) is 30.3 Å². The Hall–Kier alpha value is -2.08. The van der Waals surface area contributed by atoms with E-state index in [4.69, 9.17) is 9.47 Å². The van der Waals surface area contributed by atoms with Crippen LogP contribution in [0, 0.1) is 0 Å². The molecule has 0 radical (unpaired) electrons. The second-order valence-electron chi connectivity index (χ2n) is 7.63. The molecule has 0 bridgehead atoms. The van der Waals surface area contributed by atoms with Crippen molar-refractivity contribution < 1.29 is 19.1 Å². The summed E-state index contributed by atoms with van der Waals surface area (Å²) in [6.45, 7) is 11.3. The summed E-state index contributed by atoms with van der Waals surface area (Å²) in [5, 5.41) is 5.43. The van der Waals surface area contributed by atoms with E-state index >= 15 is 0 Å². The Morgan fingerprint density at radius 3 is 2.24 bits per heavy atom. The first-order valence-corrected chi connectivity index (χ1v) is 8.43. The third-order valence-electron chi connectivity index (χ3n) is 3.24. The van der Waals surface area contributed by atoms with Gasteiger partial charge in [0.15, 0.2) is 0 Å². The summed E-state index contributed by atoms with van der Waals surface area (Å²) in [5.41, 5.74) is -0.626. The summed E-state index contributed by atoms with van der Waals surface area (Å²) in [6, 6.07) is 9.64. The number of carbonyl (C=O) groups is 2. The summed E-state index contributed by atoms with van der Waals surface area (Å²) >= 11 is 0. The summed E-state index contributed by atoms with van der Waals surface area (Å²) in [6.07, 6.45) is -0.624. The fourth-order valence-corrected chi connectivity index (χ4v) is 1.99. The average Bonchev–Trinajstić information content (AvgIpc) is 2.45. The lowest BCUT2D eigenvalue weighted by atomic mass is 10.0. The van der Waals surface area contributed by atoms with Crippen LogP contribution >= 0.6 is 0 Å². The molecule has 0 spiro atoms. The quantitative estimate of drug-likeness (QED) is 0.792. The van der Waals surface area contributed by atoms with Crippen LogP contribution in [0.5, 0.6) is 0 Å². The number of ether oxygens (including phenoxy) is 2. The maximum absolute atomic E-state index is 12.4.